The Hall–Kier alpha value is -0.570. The van der Waals surface area contributed by atoms with Crippen molar-refractivity contribution in [1.29, 1.82) is 0 Å². The Morgan fingerprint density at radius 3 is 2.67 bits per heavy atom. The Labute approximate surface area is 92.6 Å². The topological polar surface area (TPSA) is 38.3 Å². The molecule has 0 bridgehead atoms. The SMILES string of the molecule is CCNC1CCC(C(=O)OCC)C(C)C1. The first-order valence-electron chi connectivity index (χ1n) is 6.09. The Kier molecular flexibility index (Phi) is 5.09. The normalized spacial score (nSPS) is 31.3. The van der Waals surface area contributed by atoms with Crippen LogP contribution in [0.5, 0.6) is 0 Å². The molecule has 1 aliphatic carbocycles. The van der Waals surface area contributed by atoms with Crippen LogP contribution in [-0.4, -0.2) is 25.2 Å². The Morgan fingerprint density at radius 2 is 2.13 bits per heavy atom. The van der Waals surface area contributed by atoms with Gasteiger partial charge in [0.15, 0.2) is 0 Å². The second kappa shape index (κ2) is 6.11. The van der Waals surface area contributed by atoms with Crippen molar-refractivity contribution < 1.29 is 9.53 Å². The van der Waals surface area contributed by atoms with E-state index < -0.39 is 0 Å². The van der Waals surface area contributed by atoms with Gasteiger partial charge in [-0.1, -0.05) is 13.8 Å². The van der Waals surface area contributed by atoms with Crippen molar-refractivity contribution >= 4 is 5.97 Å². The second-order valence-corrected chi connectivity index (χ2v) is 4.40. The lowest BCUT2D eigenvalue weighted by atomic mass is 9.78. The summed E-state index contributed by atoms with van der Waals surface area (Å²) in [5.74, 6) is 0.571. The Balaban J connectivity index is 2.41. The summed E-state index contributed by atoms with van der Waals surface area (Å²) < 4.78 is 5.09. The molecule has 3 unspecified atom stereocenters. The average molecular weight is 213 g/mol. The lowest BCUT2D eigenvalue weighted by molar-refractivity contribution is -0.151. The molecule has 0 heterocycles. The highest BCUT2D eigenvalue weighted by Gasteiger charge is 2.32. The first-order valence-corrected chi connectivity index (χ1v) is 6.09. The van der Waals surface area contributed by atoms with Crippen LogP contribution in [-0.2, 0) is 9.53 Å². The monoisotopic (exact) mass is 213 g/mol. The van der Waals surface area contributed by atoms with Crippen molar-refractivity contribution in [1.82, 2.24) is 5.32 Å². The van der Waals surface area contributed by atoms with Gasteiger partial charge >= 0.3 is 5.97 Å². The third kappa shape index (κ3) is 3.49. The van der Waals surface area contributed by atoms with Gasteiger partial charge in [-0.3, -0.25) is 4.79 Å². The van der Waals surface area contributed by atoms with Crippen LogP contribution in [0.4, 0.5) is 0 Å². The fourth-order valence-corrected chi connectivity index (χ4v) is 2.47. The van der Waals surface area contributed by atoms with Gasteiger partial charge < -0.3 is 10.1 Å². The van der Waals surface area contributed by atoms with Crippen LogP contribution in [0.15, 0.2) is 0 Å². The molecule has 0 radical (unpaired) electrons. The number of carbonyl (C=O) groups excluding carboxylic acids is 1. The predicted molar refractivity (Wildman–Crippen MR) is 60.6 cm³/mol. The van der Waals surface area contributed by atoms with E-state index in [0.29, 0.717) is 18.6 Å². The van der Waals surface area contributed by atoms with Crippen LogP contribution in [0, 0.1) is 11.8 Å². The van der Waals surface area contributed by atoms with E-state index in [2.05, 4.69) is 19.2 Å². The molecule has 0 saturated heterocycles. The van der Waals surface area contributed by atoms with E-state index in [4.69, 9.17) is 4.74 Å². The Bertz CT molecular complexity index is 206. The minimum Gasteiger partial charge on any atom is -0.466 e. The molecule has 15 heavy (non-hydrogen) atoms. The summed E-state index contributed by atoms with van der Waals surface area (Å²) in [6, 6.07) is 0.593. The fourth-order valence-electron chi connectivity index (χ4n) is 2.47. The molecule has 0 aliphatic heterocycles. The highest BCUT2D eigenvalue weighted by molar-refractivity contribution is 5.72. The summed E-state index contributed by atoms with van der Waals surface area (Å²) in [5, 5.41) is 3.45. The van der Waals surface area contributed by atoms with Crippen LogP contribution < -0.4 is 5.32 Å². The summed E-state index contributed by atoms with van der Waals surface area (Å²) in [6.45, 7) is 7.67. The van der Waals surface area contributed by atoms with E-state index in [-0.39, 0.29) is 11.9 Å². The van der Waals surface area contributed by atoms with Crippen LogP contribution in [0.3, 0.4) is 0 Å². The van der Waals surface area contributed by atoms with E-state index in [1.54, 1.807) is 0 Å². The predicted octanol–water partition coefficient (Wildman–Crippen LogP) is 1.96. The molecule has 0 aromatic rings. The molecule has 3 nitrogen and oxygen atoms in total. The summed E-state index contributed by atoms with van der Waals surface area (Å²) in [7, 11) is 0. The van der Waals surface area contributed by atoms with Gasteiger partial charge in [-0.2, -0.15) is 0 Å². The standard InChI is InChI=1S/C12H23NO2/c1-4-13-10-6-7-11(9(3)8-10)12(14)15-5-2/h9-11,13H,4-8H2,1-3H3. The maximum atomic E-state index is 11.6. The van der Waals surface area contributed by atoms with Crippen molar-refractivity contribution in [3.63, 3.8) is 0 Å². The van der Waals surface area contributed by atoms with E-state index >= 15 is 0 Å². The van der Waals surface area contributed by atoms with Gasteiger partial charge in [-0.15, -0.1) is 0 Å². The zero-order valence-electron chi connectivity index (χ0n) is 10.1. The minimum absolute atomic E-state index is 0.0000477. The highest BCUT2D eigenvalue weighted by atomic mass is 16.5. The van der Waals surface area contributed by atoms with Gasteiger partial charge in [0.25, 0.3) is 0 Å². The number of rotatable bonds is 4. The zero-order valence-corrected chi connectivity index (χ0v) is 10.1. The number of carbonyl (C=O) groups is 1. The minimum atomic E-state index is -0.0000477. The number of ether oxygens (including phenoxy) is 1. The lowest BCUT2D eigenvalue weighted by Gasteiger charge is -2.33. The smallest absolute Gasteiger partial charge is 0.309 e. The summed E-state index contributed by atoms with van der Waals surface area (Å²) in [5.41, 5.74) is 0. The quantitative estimate of drug-likeness (QED) is 0.726. The molecular formula is C12H23NO2. The van der Waals surface area contributed by atoms with Crippen molar-refractivity contribution in [2.75, 3.05) is 13.2 Å². The van der Waals surface area contributed by atoms with Crippen molar-refractivity contribution in [3.8, 4) is 0 Å². The molecule has 0 spiro atoms. The fraction of sp³-hybridized carbons (Fsp3) is 0.917. The van der Waals surface area contributed by atoms with Gasteiger partial charge in [0.2, 0.25) is 0 Å². The number of nitrogens with one attached hydrogen (secondary N) is 1. The molecule has 1 saturated carbocycles. The largest absolute Gasteiger partial charge is 0.466 e. The molecule has 0 aromatic heterocycles. The van der Waals surface area contributed by atoms with Crippen LogP contribution in [0.25, 0.3) is 0 Å². The van der Waals surface area contributed by atoms with Gasteiger partial charge in [-0.05, 0) is 38.6 Å². The first kappa shape index (κ1) is 12.5. The summed E-state index contributed by atoms with van der Waals surface area (Å²) >= 11 is 0. The molecule has 88 valence electrons. The second-order valence-electron chi connectivity index (χ2n) is 4.40. The van der Waals surface area contributed by atoms with Crippen LogP contribution in [0.1, 0.15) is 40.0 Å². The summed E-state index contributed by atoms with van der Waals surface area (Å²) in [4.78, 5) is 11.6. The lowest BCUT2D eigenvalue weighted by Crippen LogP contribution is -2.39. The molecule has 1 N–H and O–H groups in total. The van der Waals surface area contributed by atoms with Gasteiger partial charge in [0.1, 0.15) is 0 Å². The molecular weight excluding hydrogens is 190 g/mol. The first-order chi connectivity index (χ1) is 7.19. The third-order valence-electron chi connectivity index (χ3n) is 3.25. The number of esters is 1. The van der Waals surface area contributed by atoms with E-state index in [1.807, 2.05) is 6.92 Å². The molecule has 1 rings (SSSR count). The van der Waals surface area contributed by atoms with Gasteiger partial charge in [0, 0.05) is 6.04 Å². The van der Waals surface area contributed by atoms with E-state index in [0.717, 1.165) is 25.8 Å². The van der Waals surface area contributed by atoms with Gasteiger partial charge in [0.05, 0.1) is 12.5 Å². The number of hydrogen-bond acceptors (Lipinski definition) is 3. The van der Waals surface area contributed by atoms with Crippen LogP contribution in [0.2, 0.25) is 0 Å². The van der Waals surface area contributed by atoms with E-state index in [1.165, 1.54) is 0 Å². The molecule has 3 atom stereocenters. The molecule has 3 heteroatoms. The highest BCUT2D eigenvalue weighted by Crippen LogP contribution is 2.30. The number of hydrogen-bond donors (Lipinski definition) is 1. The summed E-state index contributed by atoms with van der Waals surface area (Å²) in [6.07, 6.45) is 3.16. The van der Waals surface area contributed by atoms with Crippen molar-refractivity contribution in [2.24, 2.45) is 11.8 Å². The third-order valence-corrected chi connectivity index (χ3v) is 3.25. The van der Waals surface area contributed by atoms with Crippen molar-refractivity contribution in [3.05, 3.63) is 0 Å². The molecule has 1 fully saturated rings. The molecule has 0 aromatic carbocycles. The zero-order chi connectivity index (χ0) is 11.3. The van der Waals surface area contributed by atoms with E-state index in [9.17, 15) is 4.79 Å². The van der Waals surface area contributed by atoms with Crippen molar-refractivity contribution in [2.45, 2.75) is 46.1 Å². The molecule has 1 aliphatic rings. The average Bonchev–Trinajstić information content (AvgIpc) is 2.18. The maximum absolute atomic E-state index is 11.6. The van der Waals surface area contributed by atoms with Gasteiger partial charge in [-0.25, -0.2) is 0 Å². The maximum Gasteiger partial charge on any atom is 0.309 e. The van der Waals surface area contributed by atoms with Crippen LogP contribution >= 0.6 is 0 Å². The Morgan fingerprint density at radius 1 is 1.40 bits per heavy atom. The molecule has 0 amide bonds.